The molecule has 0 radical (unpaired) electrons. The lowest BCUT2D eigenvalue weighted by molar-refractivity contribution is 0.0725. The number of amides is 1. The molecule has 2 saturated heterocycles. The van der Waals surface area contributed by atoms with E-state index in [0.717, 1.165) is 23.7 Å². The van der Waals surface area contributed by atoms with Crippen LogP contribution in [0, 0.1) is 11.8 Å². The van der Waals surface area contributed by atoms with Crippen molar-refractivity contribution in [3.63, 3.8) is 0 Å². The number of anilines is 1. The third kappa shape index (κ3) is 3.90. The van der Waals surface area contributed by atoms with E-state index < -0.39 is 0 Å². The highest BCUT2D eigenvalue weighted by molar-refractivity contribution is 6.30. The summed E-state index contributed by atoms with van der Waals surface area (Å²) in [7, 11) is 1.60. The van der Waals surface area contributed by atoms with Crippen molar-refractivity contribution in [1.82, 2.24) is 9.88 Å². The second-order valence-corrected chi connectivity index (χ2v) is 8.45. The number of rotatable bonds is 3. The Hall–Kier alpha value is -3.49. The van der Waals surface area contributed by atoms with Crippen LogP contribution in [-0.2, 0) is 0 Å². The van der Waals surface area contributed by atoms with Crippen molar-refractivity contribution in [3.8, 4) is 17.6 Å². The van der Waals surface area contributed by atoms with E-state index in [1.54, 1.807) is 13.3 Å². The first-order chi connectivity index (χ1) is 15.6. The monoisotopic (exact) mass is 443 g/mol. The summed E-state index contributed by atoms with van der Waals surface area (Å²) in [5, 5.41) is 0.733. The Balaban J connectivity index is 1.34. The van der Waals surface area contributed by atoms with Crippen LogP contribution in [0.2, 0.25) is 5.02 Å². The number of aromatic nitrogens is 1. The van der Waals surface area contributed by atoms with Gasteiger partial charge in [0.15, 0.2) is 0 Å². The van der Waals surface area contributed by atoms with Crippen molar-refractivity contribution in [3.05, 3.63) is 88.7 Å². The lowest BCUT2D eigenvalue weighted by Gasteiger charge is -2.35. The fraction of sp³-hybridized carbons (Fsp3) is 0.231. The molecular weight excluding hydrogens is 422 g/mol. The van der Waals surface area contributed by atoms with E-state index in [0.29, 0.717) is 35.2 Å². The van der Waals surface area contributed by atoms with Crippen molar-refractivity contribution in [2.24, 2.45) is 0 Å². The standard InChI is InChI=1S/C26H22ClN3O2/c1-32-25-12-6-19(14-18(25)5-9-21-4-2-3-13-28-21)26(31)30-17-23-15-24(30)16-29(23)22-10-7-20(27)8-11-22/h2-4,6-8,10-14,23-24H,15-17H2,1H3/t23-,24+/m1/s1. The molecule has 3 heterocycles. The second-order valence-electron chi connectivity index (χ2n) is 8.01. The number of benzene rings is 2. The van der Waals surface area contributed by atoms with Gasteiger partial charge in [-0.25, -0.2) is 4.98 Å². The first-order valence-corrected chi connectivity index (χ1v) is 10.9. The normalized spacial score (nSPS) is 18.9. The van der Waals surface area contributed by atoms with Crippen molar-refractivity contribution in [2.45, 2.75) is 18.5 Å². The van der Waals surface area contributed by atoms with Crippen LogP contribution in [0.25, 0.3) is 0 Å². The molecule has 0 aliphatic carbocycles. The first kappa shape index (κ1) is 20.4. The number of halogens is 1. The maximum absolute atomic E-state index is 13.3. The number of ether oxygens (including phenoxy) is 1. The van der Waals surface area contributed by atoms with Crippen LogP contribution in [0.15, 0.2) is 66.9 Å². The number of piperazine rings is 1. The van der Waals surface area contributed by atoms with Crippen molar-refractivity contribution in [2.75, 3.05) is 25.1 Å². The number of carbonyl (C=O) groups excluding carboxylic acids is 1. The Morgan fingerprint density at radius 2 is 1.91 bits per heavy atom. The molecule has 6 heteroatoms. The van der Waals surface area contributed by atoms with Crippen LogP contribution in [0.3, 0.4) is 0 Å². The third-order valence-corrected chi connectivity index (χ3v) is 6.35. The Kier molecular flexibility index (Phi) is 5.46. The van der Waals surface area contributed by atoms with Crippen LogP contribution >= 0.6 is 11.6 Å². The summed E-state index contributed by atoms with van der Waals surface area (Å²) in [6.45, 7) is 1.55. The molecule has 2 bridgehead atoms. The number of hydrogen-bond donors (Lipinski definition) is 0. The molecule has 1 amide bonds. The predicted octanol–water partition coefficient (Wildman–Crippen LogP) is 4.25. The molecule has 2 fully saturated rings. The molecule has 0 unspecified atom stereocenters. The number of fused-ring (bicyclic) bond motifs is 2. The highest BCUT2D eigenvalue weighted by atomic mass is 35.5. The van der Waals surface area contributed by atoms with Gasteiger partial charge >= 0.3 is 0 Å². The second kappa shape index (κ2) is 8.57. The molecule has 0 N–H and O–H groups in total. The predicted molar refractivity (Wildman–Crippen MR) is 125 cm³/mol. The zero-order chi connectivity index (χ0) is 22.1. The molecule has 32 heavy (non-hydrogen) atoms. The third-order valence-electron chi connectivity index (χ3n) is 6.10. The van der Waals surface area contributed by atoms with Crippen molar-refractivity contribution >= 4 is 23.2 Å². The SMILES string of the molecule is COc1ccc(C(=O)N2C[C@H]3C[C@H]2CN3c2ccc(Cl)cc2)cc1C#Cc1ccccn1. The average Bonchev–Trinajstić information content (AvgIpc) is 3.44. The van der Waals surface area contributed by atoms with Crippen LogP contribution in [0.1, 0.15) is 28.0 Å². The molecule has 1 aromatic heterocycles. The van der Waals surface area contributed by atoms with Gasteiger partial charge in [0, 0.05) is 41.6 Å². The van der Waals surface area contributed by atoms with Gasteiger partial charge in [-0.3, -0.25) is 4.79 Å². The quantitative estimate of drug-likeness (QED) is 0.568. The van der Waals surface area contributed by atoms with Gasteiger partial charge in [-0.2, -0.15) is 0 Å². The van der Waals surface area contributed by atoms with E-state index in [4.69, 9.17) is 16.3 Å². The van der Waals surface area contributed by atoms with Crippen molar-refractivity contribution < 1.29 is 9.53 Å². The van der Waals surface area contributed by atoms with Gasteiger partial charge < -0.3 is 14.5 Å². The molecule has 5 nitrogen and oxygen atoms in total. The first-order valence-electron chi connectivity index (χ1n) is 10.6. The molecule has 2 aromatic carbocycles. The maximum atomic E-state index is 13.3. The Morgan fingerprint density at radius 3 is 2.59 bits per heavy atom. The molecule has 3 aromatic rings. The fourth-order valence-corrected chi connectivity index (χ4v) is 4.66. The summed E-state index contributed by atoms with van der Waals surface area (Å²) in [5.41, 5.74) is 3.13. The topological polar surface area (TPSA) is 45.7 Å². The smallest absolute Gasteiger partial charge is 0.254 e. The van der Waals surface area contributed by atoms with Gasteiger partial charge in [-0.1, -0.05) is 23.6 Å². The van der Waals surface area contributed by atoms with E-state index in [1.165, 1.54) is 0 Å². The number of likely N-dealkylation sites (tertiary alicyclic amines) is 1. The summed E-state index contributed by atoms with van der Waals surface area (Å²) < 4.78 is 5.45. The summed E-state index contributed by atoms with van der Waals surface area (Å²) in [4.78, 5) is 21.9. The minimum absolute atomic E-state index is 0.0387. The Labute approximate surface area is 192 Å². The van der Waals surface area contributed by atoms with Crippen LogP contribution in [-0.4, -0.2) is 48.1 Å². The zero-order valence-corrected chi connectivity index (χ0v) is 18.4. The van der Waals surface area contributed by atoms with E-state index in [-0.39, 0.29) is 11.9 Å². The Morgan fingerprint density at radius 1 is 1.06 bits per heavy atom. The highest BCUT2D eigenvalue weighted by Crippen LogP contribution is 2.36. The van der Waals surface area contributed by atoms with Gasteiger partial charge in [-0.05, 0) is 66.9 Å². The van der Waals surface area contributed by atoms with Gasteiger partial charge in [0.25, 0.3) is 5.91 Å². The summed E-state index contributed by atoms with van der Waals surface area (Å²) in [6.07, 6.45) is 2.69. The lowest BCUT2D eigenvalue weighted by Crippen LogP contribution is -2.48. The largest absolute Gasteiger partial charge is 0.495 e. The lowest BCUT2D eigenvalue weighted by atomic mass is 10.1. The number of nitrogens with zero attached hydrogens (tertiary/aromatic N) is 3. The maximum Gasteiger partial charge on any atom is 0.254 e. The minimum atomic E-state index is 0.0387. The highest BCUT2D eigenvalue weighted by Gasteiger charge is 2.45. The number of hydrogen-bond acceptors (Lipinski definition) is 4. The number of carbonyl (C=O) groups is 1. The molecule has 0 saturated carbocycles. The Bertz CT molecular complexity index is 1200. The van der Waals surface area contributed by atoms with E-state index in [2.05, 4.69) is 21.7 Å². The van der Waals surface area contributed by atoms with Crippen LogP contribution < -0.4 is 9.64 Å². The van der Waals surface area contributed by atoms with E-state index in [9.17, 15) is 4.79 Å². The number of methoxy groups -OCH3 is 1. The molecule has 160 valence electrons. The molecule has 2 aliphatic rings. The zero-order valence-electron chi connectivity index (χ0n) is 17.7. The van der Waals surface area contributed by atoms with E-state index >= 15 is 0 Å². The van der Waals surface area contributed by atoms with Gasteiger partial charge in [0.2, 0.25) is 0 Å². The van der Waals surface area contributed by atoms with Gasteiger partial charge in [-0.15, -0.1) is 0 Å². The van der Waals surface area contributed by atoms with Crippen molar-refractivity contribution in [1.29, 1.82) is 0 Å². The average molecular weight is 444 g/mol. The van der Waals surface area contributed by atoms with Crippen LogP contribution in [0.5, 0.6) is 5.75 Å². The molecule has 0 spiro atoms. The minimum Gasteiger partial charge on any atom is -0.495 e. The molecular formula is C26H22ClN3O2. The number of pyridine rings is 1. The molecule has 2 aliphatic heterocycles. The summed E-state index contributed by atoms with van der Waals surface area (Å²) in [5.74, 6) is 6.83. The fourth-order valence-electron chi connectivity index (χ4n) is 4.54. The van der Waals surface area contributed by atoms with Gasteiger partial charge in [0.05, 0.1) is 18.7 Å². The summed E-state index contributed by atoms with van der Waals surface area (Å²) >= 11 is 6.03. The van der Waals surface area contributed by atoms with Gasteiger partial charge in [0.1, 0.15) is 11.4 Å². The molecule has 5 rings (SSSR count). The van der Waals surface area contributed by atoms with Crippen LogP contribution in [0.4, 0.5) is 5.69 Å². The molecule has 2 atom stereocenters. The summed E-state index contributed by atoms with van der Waals surface area (Å²) in [6, 6.07) is 19.5. The van der Waals surface area contributed by atoms with E-state index in [1.807, 2.05) is 65.6 Å².